The minimum Gasteiger partial charge on any atom is -0.427 e. The van der Waals surface area contributed by atoms with Gasteiger partial charge in [-0.3, -0.25) is 4.79 Å². The summed E-state index contributed by atoms with van der Waals surface area (Å²) >= 11 is 0. The molecule has 0 radical (unpaired) electrons. The second-order valence-electron chi connectivity index (χ2n) is 4.05. The molecule has 0 unspecified atom stereocenters. The molecule has 17 heavy (non-hydrogen) atoms. The van der Waals surface area contributed by atoms with Crippen molar-refractivity contribution in [2.45, 2.75) is 32.2 Å². The van der Waals surface area contributed by atoms with Gasteiger partial charge >= 0.3 is 5.97 Å². The van der Waals surface area contributed by atoms with Gasteiger partial charge in [-0.1, -0.05) is 18.6 Å². The SMILES string of the molecule is CC(=O)Oc1ccc([C@@H](N)CCCCN)cc1. The lowest BCUT2D eigenvalue weighted by atomic mass is 10.0. The van der Waals surface area contributed by atoms with Crippen LogP contribution in [0.5, 0.6) is 5.75 Å². The van der Waals surface area contributed by atoms with E-state index >= 15 is 0 Å². The standard InChI is InChI=1S/C13H20N2O2/c1-10(16)17-12-7-5-11(6-8-12)13(15)4-2-3-9-14/h5-8,13H,2-4,9,14-15H2,1H3/t13-/m0/s1. The molecule has 0 aliphatic rings. The number of carbonyl (C=O) groups excluding carboxylic acids is 1. The second kappa shape index (κ2) is 7.04. The van der Waals surface area contributed by atoms with Crippen LogP contribution in [0.2, 0.25) is 0 Å². The summed E-state index contributed by atoms with van der Waals surface area (Å²) in [7, 11) is 0. The molecule has 0 aliphatic carbocycles. The van der Waals surface area contributed by atoms with Gasteiger partial charge in [0, 0.05) is 13.0 Å². The molecule has 0 aromatic heterocycles. The molecule has 4 N–H and O–H groups in total. The molecule has 4 heteroatoms. The maximum Gasteiger partial charge on any atom is 0.308 e. The van der Waals surface area contributed by atoms with E-state index < -0.39 is 0 Å². The molecule has 0 spiro atoms. The number of nitrogens with two attached hydrogens (primary N) is 2. The van der Waals surface area contributed by atoms with Crippen molar-refractivity contribution in [3.8, 4) is 5.75 Å². The van der Waals surface area contributed by atoms with Crippen molar-refractivity contribution in [3.63, 3.8) is 0 Å². The molecule has 4 nitrogen and oxygen atoms in total. The third-order valence-corrected chi connectivity index (χ3v) is 2.54. The highest BCUT2D eigenvalue weighted by Crippen LogP contribution is 2.20. The van der Waals surface area contributed by atoms with Gasteiger partial charge in [0.1, 0.15) is 5.75 Å². The molecule has 0 saturated heterocycles. The predicted molar refractivity (Wildman–Crippen MR) is 67.6 cm³/mol. The number of benzene rings is 1. The van der Waals surface area contributed by atoms with E-state index in [1.165, 1.54) is 6.92 Å². The Morgan fingerprint density at radius 3 is 2.47 bits per heavy atom. The van der Waals surface area contributed by atoms with E-state index in [-0.39, 0.29) is 12.0 Å². The van der Waals surface area contributed by atoms with Crippen LogP contribution in [0.1, 0.15) is 37.8 Å². The fourth-order valence-corrected chi connectivity index (χ4v) is 1.62. The van der Waals surface area contributed by atoms with Crippen LogP contribution in [0.4, 0.5) is 0 Å². The van der Waals surface area contributed by atoms with Crippen molar-refractivity contribution < 1.29 is 9.53 Å². The smallest absolute Gasteiger partial charge is 0.308 e. The number of carbonyl (C=O) groups is 1. The van der Waals surface area contributed by atoms with Gasteiger partial charge in [-0.15, -0.1) is 0 Å². The first kappa shape index (κ1) is 13.7. The highest BCUT2D eigenvalue weighted by molar-refractivity contribution is 5.69. The van der Waals surface area contributed by atoms with E-state index in [0.29, 0.717) is 12.3 Å². The monoisotopic (exact) mass is 236 g/mol. The van der Waals surface area contributed by atoms with E-state index in [2.05, 4.69) is 0 Å². The van der Waals surface area contributed by atoms with Crippen LogP contribution in [-0.2, 0) is 4.79 Å². The fraction of sp³-hybridized carbons (Fsp3) is 0.462. The van der Waals surface area contributed by atoms with Crippen LogP contribution in [-0.4, -0.2) is 12.5 Å². The van der Waals surface area contributed by atoms with Gasteiger partial charge in [0.25, 0.3) is 0 Å². The number of ether oxygens (including phenoxy) is 1. The normalized spacial score (nSPS) is 12.2. The van der Waals surface area contributed by atoms with Crippen LogP contribution >= 0.6 is 0 Å². The number of esters is 1. The Labute approximate surface area is 102 Å². The van der Waals surface area contributed by atoms with Crippen molar-refractivity contribution in [1.82, 2.24) is 0 Å². The Kier molecular flexibility index (Phi) is 5.66. The number of hydrogen-bond donors (Lipinski definition) is 2. The molecule has 0 aliphatic heterocycles. The quantitative estimate of drug-likeness (QED) is 0.448. The number of hydrogen-bond acceptors (Lipinski definition) is 4. The molecule has 1 aromatic rings. The fourth-order valence-electron chi connectivity index (χ4n) is 1.62. The van der Waals surface area contributed by atoms with Gasteiger partial charge in [-0.2, -0.15) is 0 Å². The zero-order valence-corrected chi connectivity index (χ0v) is 10.2. The highest BCUT2D eigenvalue weighted by Gasteiger charge is 2.06. The molecule has 94 valence electrons. The summed E-state index contributed by atoms with van der Waals surface area (Å²) in [5.41, 5.74) is 12.5. The molecular weight excluding hydrogens is 216 g/mol. The summed E-state index contributed by atoms with van der Waals surface area (Å²) in [5.74, 6) is 0.236. The molecule has 0 heterocycles. The zero-order valence-electron chi connectivity index (χ0n) is 10.2. The topological polar surface area (TPSA) is 78.3 Å². The van der Waals surface area contributed by atoms with Gasteiger partial charge in [-0.05, 0) is 37.1 Å². The molecule has 1 aromatic carbocycles. The van der Waals surface area contributed by atoms with E-state index in [4.69, 9.17) is 16.2 Å². The van der Waals surface area contributed by atoms with Crippen LogP contribution in [0.15, 0.2) is 24.3 Å². The summed E-state index contributed by atoms with van der Waals surface area (Å²) in [4.78, 5) is 10.7. The molecule has 0 saturated carbocycles. The van der Waals surface area contributed by atoms with Gasteiger partial charge < -0.3 is 16.2 Å². The molecule has 0 fully saturated rings. The highest BCUT2D eigenvalue weighted by atomic mass is 16.5. The maximum atomic E-state index is 10.7. The summed E-state index contributed by atoms with van der Waals surface area (Å²) < 4.78 is 4.95. The Morgan fingerprint density at radius 2 is 1.94 bits per heavy atom. The third-order valence-electron chi connectivity index (χ3n) is 2.54. The molecule has 1 rings (SSSR count). The first-order chi connectivity index (χ1) is 8.13. The molecular formula is C13H20N2O2. The van der Waals surface area contributed by atoms with E-state index in [1.807, 2.05) is 12.1 Å². The first-order valence-corrected chi connectivity index (χ1v) is 5.87. The lowest BCUT2D eigenvalue weighted by Crippen LogP contribution is -2.11. The van der Waals surface area contributed by atoms with Crippen molar-refractivity contribution in [2.75, 3.05) is 6.54 Å². The minimum atomic E-state index is -0.315. The average Bonchev–Trinajstić information content (AvgIpc) is 2.29. The lowest BCUT2D eigenvalue weighted by molar-refractivity contribution is -0.131. The average molecular weight is 236 g/mol. The summed E-state index contributed by atoms with van der Waals surface area (Å²) in [6, 6.07) is 7.34. The number of rotatable bonds is 6. The second-order valence-corrected chi connectivity index (χ2v) is 4.05. The third kappa shape index (κ3) is 4.97. The van der Waals surface area contributed by atoms with Gasteiger partial charge in [0.2, 0.25) is 0 Å². The molecule has 1 atom stereocenters. The van der Waals surface area contributed by atoms with E-state index in [9.17, 15) is 4.79 Å². The minimum absolute atomic E-state index is 0.0212. The van der Waals surface area contributed by atoms with Crippen LogP contribution in [0.25, 0.3) is 0 Å². The Morgan fingerprint density at radius 1 is 1.29 bits per heavy atom. The summed E-state index contributed by atoms with van der Waals surface area (Å²) in [6.45, 7) is 2.09. The summed E-state index contributed by atoms with van der Waals surface area (Å²) in [6.07, 6.45) is 2.95. The Balaban J connectivity index is 2.51. The van der Waals surface area contributed by atoms with Crippen molar-refractivity contribution in [3.05, 3.63) is 29.8 Å². The van der Waals surface area contributed by atoms with E-state index in [1.54, 1.807) is 12.1 Å². The molecule has 0 amide bonds. The van der Waals surface area contributed by atoms with Crippen molar-refractivity contribution >= 4 is 5.97 Å². The largest absolute Gasteiger partial charge is 0.427 e. The molecule has 0 bridgehead atoms. The maximum absolute atomic E-state index is 10.7. The van der Waals surface area contributed by atoms with Gasteiger partial charge in [0.15, 0.2) is 0 Å². The predicted octanol–water partition coefficient (Wildman–Crippen LogP) is 1.74. The van der Waals surface area contributed by atoms with Crippen LogP contribution in [0, 0.1) is 0 Å². The zero-order chi connectivity index (χ0) is 12.7. The van der Waals surface area contributed by atoms with Gasteiger partial charge in [-0.25, -0.2) is 0 Å². The van der Waals surface area contributed by atoms with Crippen molar-refractivity contribution in [1.29, 1.82) is 0 Å². The lowest BCUT2D eigenvalue weighted by Gasteiger charge is -2.12. The summed E-state index contributed by atoms with van der Waals surface area (Å²) in [5, 5.41) is 0. The Bertz CT molecular complexity index is 349. The van der Waals surface area contributed by atoms with Crippen LogP contribution in [0.3, 0.4) is 0 Å². The van der Waals surface area contributed by atoms with Crippen LogP contribution < -0.4 is 16.2 Å². The Hall–Kier alpha value is -1.39. The first-order valence-electron chi connectivity index (χ1n) is 5.87. The van der Waals surface area contributed by atoms with E-state index in [0.717, 1.165) is 24.8 Å². The number of unbranched alkanes of at least 4 members (excludes halogenated alkanes) is 1. The van der Waals surface area contributed by atoms with Crippen molar-refractivity contribution in [2.24, 2.45) is 11.5 Å². The van der Waals surface area contributed by atoms with Gasteiger partial charge in [0.05, 0.1) is 0 Å².